The van der Waals surface area contributed by atoms with Crippen molar-refractivity contribution in [1.82, 2.24) is 5.32 Å². The Hall–Kier alpha value is -1.55. The molecule has 4 nitrogen and oxygen atoms in total. The minimum Gasteiger partial charge on any atom is -0.497 e. The van der Waals surface area contributed by atoms with Gasteiger partial charge in [0.15, 0.2) is 0 Å². The van der Waals surface area contributed by atoms with Gasteiger partial charge in [0.2, 0.25) is 0 Å². The standard InChI is InChI=1S/C14H21NO3/c1-9(2)13(14(16)17)15-10(3)11-6-5-7-12(8-11)18-4/h5-10,13,15H,1-4H3,(H,16,17)/t10-,13?/m1/s1. The highest BCUT2D eigenvalue weighted by atomic mass is 16.5. The molecule has 0 radical (unpaired) electrons. The molecule has 0 aromatic heterocycles. The Morgan fingerprint density at radius 3 is 2.50 bits per heavy atom. The predicted molar refractivity (Wildman–Crippen MR) is 70.8 cm³/mol. The largest absolute Gasteiger partial charge is 0.497 e. The fourth-order valence-corrected chi connectivity index (χ4v) is 1.83. The fourth-order valence-electron chi connectivity index (χ4n) is 1.83. The van der Waals surface area contributed by atoms with Crippen molar-refractivity contribution in [2.45, 2.75) is 32.9 Å². The first kappa shape index (κ1) is 14.5. The van der Waals surface area contributed by atoms with Gasteiger partial charge in [-0.05, 0) is 30.5 Å². The summed E-state index contributed by atoms with van der Waals surface area (Å²) in [5, 5.41) is 12.3. The number of carboxylic acids is 1. The van der Waals surface area contributed by atoms with Gasteiger partial charge in [0, 0.05) is 6.04 Å². The number of methoxy groups -OCH3 is 1. The van der Waals surface area contributed by atoms with Crippen molar-refractivity contribution in [2.75, 3.05) is 7.11 Å². The summed E-state index contributed by atoms with van der Waals surface area (Å²) in [6.07, 6.45) is 0. The lowest BCUT2D eigenvalue weighted by Gasteiger charge is -2.23. The van der Waals surface area contributed by atoms with E-state index >= 15 is 0 Å². The second kappa shape index (κ2) is 6.40. The summed E-state index contributed by atoms with van der Waals surface area (Å²) in [4.78, 5) is 11.1. The summed E-state index contributed by atoms with van der Waals surface area (Å²) in [5.74, 6) is -0.00660. The van der Waals surface area contributed by atoms with Crippen LogP contribution in [0.4, 0.5) is 0 Å². The molecule has 0 aliphatic rings. The van der Waals surface area contributed by atoms with Crippen LogP contribution in [-0.2, 0) is 4.79 Å². The number of carboxylic acid groups (broad SMARTS) is 1. The van der Waals surface area contributed by atoms with Crippen molar-refractivity contribution in [1.29, 1.82) is 0 Å². The minimum absolute atomic E-state index is 0.0376. The van der Waals surface area contributed by atoms with E-state index in [2.05, 4.69) is 5.32 Å². The molecule has 0 spiro atoms. The van der Waals surface area contributed by atoms with Gasteiger partial charge in [0.05, 0.1) is 7.11 Å². The lowest BCUT2D eigenvalue weighted by Crippen LogP contribution is -2.42. The molecular weight excluding hydrogens is 230 g/mol. The third kappa shape index (κ3) is 3.74. The Morgan fingerprint density at radius 1 is 1.33 bits per heavy atom. The number of nitrogens with one attached hydrogen (secondary N) is 1. The summed E-state index contributed by atoms with van der Waals surface area (Å²) in [5.41, 5.74) is 1.02. The van der Waals surface area contributed by atoms with Gasteiger partial charge in [0.1, 0.15) is 11.8 Å². The van der Waals surface area contributed by atoms with Crippen molar-refractivity contribution in [2.24, 2.45) is 5.92 Å². The average molecular weight is 251 g/mol. The van der Waals surface area contributed by atoms with E-state index in [1.807, 2.05) is 45.0 Å². The second-order valence-electron chi connectivity index (χ2n) is 4.72. The molecule has 18 heavy (non-hydrogen) atoms. The number of aliphatic carboxylic acids is 1. The van der Waals surface area contributed by atoms with E-state index in [-0.39, 0.29) is 12.0 Å². The van der Waals surface area contributed by atoms with Crippen LogP contribution in [0.3, 0.4) is 0 Å². The second-order valence-corrected chi connectivity index (χ2v) is 4.72. The summed E-state index contributed by atoms with van der Waals surface area (Å²) in [7, 11) is 1.62. The van der Waals surface area contributed by atoms with Crippen LogP contribution in [0.1, 0.15) is 32.4 Å². The molecule has 2 N–H and O–H groups in total. The lowest BCUT2D eigenvalue weighted by molar-refractivity contribution is -0.140. The maximum atomic E-state index is 11.1. The molecule has 1 aromatic rings. The fraction of sp³-hybridized carbons (Fsp3) is 0.500. The van der Waals surface area contributed by atoms with Gasteiger partial charge in [-0.1, -0.05) is 26.0 Å². The Labute approximate surface area is 108 Å². The Kier molecular flexibility index (Phi) is 5.16. The van der Waals surface area contributed by atoms with Gasteiger partial charge in [-0.3, -0.25) is 10.1 Å². The minimum atomic E-state index is -0.820. The van der Waals surface area contributed by atoms with Crippen LogP contribution in [0.15, 0.2) is 24.3 Å². The molecule has 100 valence electrons. The lowest BCUT2D eigenvalue weighted by atomic mass is 10.0. The molecule has 4 heteroatoms. The van der Waals surface area contributed by atoms with E-state index in [1.54, 1.807) is 7.11 Å². The van der Waals surface area contributed by atoms with Crippen LogP contribution < -0.4 is 10.1 Å². The predicted octanol–water partition coefficient (Wildman–Crippen LogP) is 2.46. The zero-order chi connectivity index (χ0) is 13.7. The maximum absolute atomic E-state index is 11.1. The molecule has 1 unspecified atom stereocenters. The molecule has 1 aromatic carbocycles. The van der Waals surface area contributed by atoms with Gasteiger partial charge in [-0.25, -0.2) is 0 Å². The van der Waals surface area contributed by atoms with E-state index in [0.29, 0.717) is 0 Å². The highest BCUT2D eigenvalue weighted by Gasteiger charge is 2.23. The smallest absolute Gasteiger partial charge is 0.320 e. The molecular formula is C14H21NO3. The quantitative estimate of drug-likeness (QED) is 0.815. The normalized spacial score (nSPS) is 14.3. The van der Waals surface area contributed by atoms with Crippen LogP contribution in [-0.4, -0.2) is 24.2 Å². The van der Waals surface area contributed by atoms with Crippen molar-refractivity contribution in [3.8, 4) is 5.75 Å². The van der Waals surface area contributed by atoms with E-state index in [4.69, 9.17) is 9.84 Å². The number of hydrogen-bond donors (Lipinski definition) is 2. The summed E-state index contributed by atoms with van der Waals surface area (Å²) >= 11 is 0. The Morgan fingerprint density at radius 2 is 2.00 bits per heavy atom. The molecule has 0 saturated heterocycles. The van der Waals surface area contributed by atoms with Crippen LogP contribution in [0, 0.1) is 5.92 Å². The zero-order valence-electron chi connectivity index (χ0n) is 11.3. The molecule has 2 atom stereocenters. The van der Waals surface area contributed by atoms with Gasteiger partial charge in [0.25, 0.3) is 0 Å². The zero-order valence-corrected chi connectivity index (χ0v) is 11.3. The number of rotatable bonds is 6. The molecule has 0 saturated carbocycles. The van der Waals surface area contributed by atoms with E-state index < -0.39 is 12.0 Å². The summed E-state index contributed by atoms with van der Waals surface area (Å²) in [6.45, 7) is 5.74. The van der Waals surface area contributed by atoms with Gasteiger partial charge in [-0.2, -0.15) is 0 Å². The van der Waals surface area contributed by atoms with Gasteiger partial charge >= 0.3 is 5.97 Å². The molecule has 0 amide bonds. The maximum Gasteiger partial charge on any atom is 0.320 e. The van der Waals surface area contributed by atoms with Crippen LogP contribution in [0.5, 0.6) is 5.75 Å². The van der Waals surface area contributed by atoms with Gasteiger partial charge in [-0.15, -0.1) is 0 Å². The van der Waals surface area contributed by atoms with Crippen LogP contribution in [0.2, 0.25) is 0 Å². The first-order valence-corrected chi connectivity index (χ1v) is 6.08. The summed E-state index contributed by atoms with van der Waals surface area (Å²) in [6, 6.07) is 7.05. The number of carbonyl (C=O) groups is 1. The Balaban J connectivity index is 2.79. The monoisotopic (exact) mass is 251 g/mol. The van der Waals surface area contributed by atoms with E-state index in [9.17, 15) is 4.79 Å². The number of benzene rings is 1. The van der Waals surface area contributed by atoms with Crippen LogP contribution >= 0.6 is 0 Å². The molecule has 0 bridgehead atoms. The SMILES string of the molecule is COc1cccc([C@@H](C)NC(C(=O)O)C(C)C)c1. The topological polar surface area (TPSA) is 58.6 Å². The number of hydrogen-bond acceptors (Lipinski definition) is 3. The van der Waals surface area contributed by atoms with Crippen molar-refractivity contribution in [3.05, 3.63) is 29.8 Å². The number of ether oxygens (including phenoxy) is 1. The molecule has 0 aliphatic carbocycles. The third-order valence-corrected chi connectivity index (χ3v) is 2.96. The molecule has 0 fully saturated rings. The third-order valence-electron chi connectivity index (χ3n) is 2.96. The first-order chi connectivity index (χ1) is 8.45. The highest BCUT2D eigenvalue weighted by molar-refractivity contribution is 5.73. The summed E-state index contributed by atoms with van der Waals surface area (Å²) < 4.78 is 5.16. The van der Waals surface area contributed by atoms with Crippen molar-refractivity contribution >= 4 is 5.97 Å². The van der Waals surface area contributed by atoms with Crippen molar-refractivity contribution < 1.29 is 14.6 Å². The average Bonchev–Trinajstić information content (AvgIpc) is 2.34. The van der Waals surface area contributed by atoms with Gasteiger partial charge < -0.3 is 9.84 Å². The van der Waals surface area contributed by atoms with E-state index in [1.165, 1.54) is 0 Å². The highest BCUT2D eigenvalue weighted by Crippen LogP contribution is 2.20. The van der Waals surface area contributed by atoms with E-state index in [0.717, 1.165) is 11.3 Å². The van der Waals surface area contributed by atoms with Crippen LogP contribution in [0.25, 0.3) is 0 Å². The Bertz CT molecular complexity index is 404. The molecule has 0 heterocycles. The first-order valence-electron chi connectivity index (χ1n) is 6.08. The van der Waals surface area contributed by atoms with Crippen molar-refractivity contribution in [3.63, 3.8) is 0 Å². The molecule has 0 aliphatic heterocycles. The molecule has 1 rings (SSSR count).